The van der Waals surface area contributed by atoms with Crippen molar-refractivity contribution in [3.8, 4) is 0 Å². The number of nitrogens with one attached hydrogen (secondary N) is 1. The molecule has 3 rings (SSSR count). The average molecular weight is 230 g/mol. The van der Waals surface area contributed by atoms with Crippen LogP contribution in [0.3, 0.4) is 0 Å². The van der Waals surface area contributed by atoms with Gasteiger partial charge in [0, 0.05) is 18.3 Å². The molecule has 1 N–H and O–H groups in total. The third-order valence-electron chi connectivity index (χ3n) is 3.58. The van der Waals surface area contributed by atoms with Crippen molar-refractivity contribution in [3.63, 3.8) is 0 Å². The quantitative estimate of drug-likeness (QED) is 0.739. The molecule has 2 aliphatic rings. The van der Waals surface area contributed by atoms with Gasteiger partial charge in [-0.05, 0) is 25.3 Å². The number of aromatic amines is 1. The first-order valence-corrected chi connectivity index (χ1v) is 5.94. The van der Waals surface area contributed by atoms with E-state index in [4.69, 9.17) is 0 Å². The number of carbonyl (C=O) groups excluding carboxylic acids is 1. The van der Waals surface area contributed by atoms with Crippen LogP contribution in [-0.2, 0) is 0 Å². The lowest BCUT2D eigenvalue weighted by Crippen LogP contribution is -2.42. The fraction of sp³-hybridized carbons (Fsp3) is 0.385. The molecule has 3 heterocycles. The van der Waals surface area contributed by atoms with Crippen LogP contribution in [0.25, 0.3) is 0 Å². The third-order valence-corrected chi connectivity index (χ3v) is 3.58. The smallest absolute Gasteiger partial charge is 0.256 e. The van der Waals surface area contributed by atoms with Gasteiger partial charge in [0.2, 0.25) is 5.56 Å². The summed E-state index contributed by atoms with van der Waals surface area (Å²) in [7, 11) is 0. The molecular formula is C13H14N2O2. The number of carbonyl (C=O) groups is 1. The number of H-pyrrole nitrogens is 1. The molecule has 0 aliphatic carbocycles. The highest BCUT2D eigenvalue weighted by atomic mass is 16.2. The molecule has 1 fully saturated rings. The average Bonchev–Trinajstić information content (AvgIpc) is 2.59. The lowest BCUT2D eigenvalue weighted by molar-refractivity contribution is 0.0688. The van der Waals surface area contributed by atoms with E-state index in [1.165, 1.54) is 12.3 Å². The molecule has 2 atom stereocenters. The summed E-state index contributed by atoms with van der Waals surface area (Å²) in [6.45, 7) is 0. The Labute approximate surface area is 99.0 Å². The Balaban J connectivity index is 1.90. The number of hydrogen-bond donors (Lipinski definition) is 1. The second kappa shape index (κ2) is 3.87. The summed E-state index contributed by atoms with van der Waals surface area (Å²) in [4.78, 5) is 27.8. The first-order valence-electron chi connectivity index (χ1n) is 5.94. The van der Waals surface area contributed by atoms with Gasteiger partial charge >= 0.3 is 0 Å². The minimum atomic E-state index is -0.178. The minimum Gasteiger partial charge on any atom is -0.329 e. The van der Waals surface area contributed by atoms with Crippen LogP contribution in [0, 0.1) is 0 Å². The molecular weight excluding hydrogens is 216 g/mol. The zero-order valence-electron chi connectivity index (χ0n) is 9.43. The predicted octanol–water partition coefficient (Wildman–Crippen LogP) is 1.31. The van der Waals surface area contributed by atoms with E-state index in [9.17, 15) is 9.59 Å². The van der Waals surface area contributed by atoms with Gasteiger partial charge in [0.25, 0.3) is 5.91 Å². The largest absolute Gasteiger partial charge is 0.329 e. The highest BCUT2D eigenvalue weighted by molar-refractivity contribution is 5.94. The van der Waals surface area contributed by atoms with Crippen molar-refractivity contribution in [1.82, 2.24) is 9.88 Å². The molecule has 4 nitrogen and oxygen atoms in total. The standard InChI is InChI=1S/C13H14N2O2/c16-12-7-4-9(8-14-12)13(17)15-10-2-1-3-11(15)6-5-10/h1-2,4,7-8,10-11H,3,5-6H2,(H,14,16). The van der Waals surface area contributed by atoms with Crippen molar-refractivity contribution < 1.29 is 4.79 Å². The molecule has 2 bridgehead atoms. The second-order valence-corrected chi connectivity index (χ2v) is 4.62. The van der Waals surface area contributed by atoms with Gasteiger partial charge < -0.3 is 9.88 Å². The Morgan fingerprint density at radius 2 is 2.24 bits per heavy atom. The third kappa shape index (κ3) is 1.69. The van der Waals surface area contributed by atoms with E-state index in [1.807, 2.05) is 4.90 Å². The number of amides is 1. The molecule has 1 aromatic heterocycles. The Morgan fingerprint density at radius 3 is 2.94 bits per heavy atom. The zero-order chi connectivity index (χ0) is 11.8. The van der Waals surface area contributed by atoms with E-state index in [2.05, 4.69) is 17.1 Å². The van der Waals surface area contributed by atoms with Crippen LogP contribution in [0.15, 0.2) is 35.3 Å². The Bertz CT molecular complexity index is 512. The van der Waals surface area contributed by atoms with Crippen molar-refractivity contribution in [2.75, 3.05) is 0 Å². The van der Waals surface area contributed by atoms with Gasteiger partial charge in [-0.1, -0.05) is 12.2 Å². The highest BCUT2D eigenvalue weighted by Gasteiger charge is 2.37. The fourth-order valence-corrected chi connectivity index (χ4v) is 2.73. The van der Waals surface area contributed by atoms with Gasteiger partial charge in [0.1, 0.15) is 0 Å². The van der Waals surface area contributed by atoms with Crippen molar-refractivity contribution in [1.29, 1.82) is 0 Å². The van der Waals surface area contributed by atoms with Gasteiger partial charge in [-0.25, -0.2) is 0 Å². The van der Waals surface area contributed by atoms with Crippen molar-refractivity contribution >= 4 is 5.91 Å². The molecule has 1 aromatic rings. The topological polar surface area (TPSA) is 53.2 Å². The van der Waals surface area contributed by atoms with Gasteiger partial charge in [-0.15, -0.1) is 0 Å². The Hall–Kier alpha value is -1.84. The van der Waals surface area contributed by atoms with E-state index in [1.54, 1.807) is 6.07 Å². The first-order chi connectivity index (χ1) is 8.25. The molecule has 4 heteroatoms. The van der Waals surface area contributed by atoms with Crippen LogP contribution >= 0.6 is 0 Å². The van der Waals surface area contributed by atoms with Crippen LogP contribution in [0.5, 0.6) is 0 Å². The van der Waals surface area contributed by atoms with E-state index >= 15 is 0 Å². The maximum absolute atomic E-state index is 12.3. The molecule has 0 aromatic carbocycles. The molecule has 0 saturated carbocycles. The number of nitrogens with zero attached hydrogens (tertiary/aromatic N) is 1. The summed E-state index contributed by atoms with van der Waals surface area (Å²) < 4.78 is 0. The van der Waals surface area contributed by atoms with Crippen molar-refractivity contribution in [2.24, 2.45) is 0 Å². The van der Waals surface area contributed by atoms with Gasteiger partial charge in [-0.3, -0.25) is 9.59 Å². The first kappa shape index (κ1) is 10.3. The van der Waals surface area contributed by atoms with Crippen LogP contribution in [0.2, 0.25) is 0 Å². The van der Waals surface area contributed by atoms with Gasteiger partial charge in [0.15, 0.2) is 0 Å². The summed E-state index contributed by atoms with van der Waals surface area (Å²) in [5, 5.41) is 0. The summed E-state index contributed by atoms with van der Waals surface area (Å²) in [6, 6.07) is 3.58. The van der Waals surface area contributed by atoms with Crippen LogP contribution < -0.4 is 5.56 Å². The number of rotatable bonds is 1. The summed E-state index contributed by atoms with van der Waals surface area (Å²) in [5.74, 6) is 0.0260. The highest BCUT2D eigenvalue weighted by Crippen LogP contribution is 2.32. The van der Waals surface area contributed by atoms with E-state index in [0.29, 0.717) is 11.6 Å². The summed E-state index contributed by atoms with van der Waals surface area (Å²) in [5.41, 5.74) is 0.389. The zero-order valence-corrected chi connectivity index (χ0v) is 9.43. The predicted molar refractivity (Wildman–Crippen MR) is 63.8 cm³/mol. The minimum absolute atomic E-state index is 0.0260. The lowest BCUT2D eigenvalue weighted by atomic mass is 10.1. The van der Waals surface area contributed by atoms with Gasteiger partial charge in [-0.2, -0.15) is 0 Å². The maximum atomic E-state index is 12.3. The molecule has 1 amide bonds. The van der Waals surface area contributed by atoms with Crippen LogP contribution in [-0.4, -0.2) is 27.9 Å². The number of pyridine rings is 1. The number of hydrogen-bond acceptors (Lipinski definition) is 2. The molecule has 88 valence electrons. The normalized spacial score (nSPS) is 26.2. The summed E-state index contributed by atoms with van der Waals surface area (Å²) in [6.07, 6.45) is 8.86. The van der Waals surface area contributed by atoms with Crippen molar-refractivity contribution in [3.05, 3.63) is 46.4 Å². The summed E-state index contributed by atoms with van der Waals surface area (Å²) >= 11 is 0. The van der Waals surface area contributed by atoms with Crippen LogP contribution in [0.1, 0.15) is 29.6 Å². The van der Waals surface area contributed by atoms with Gasteiger partial charge in [0.05, 0.1) is 11.6 Å². The molecule has 1 saturated heterocycles. The van der Waals surface area contributed by atoms with Crippen LogP contribution in [0.4, 0.5) is 0 Å². The van der Waals surface area contributed by atoms with E-state index in [-0.39, 0.29) is 17.5 Å². The second-order valence-electron chi connectivity index (χ2n) is 4.62. The fourth-order valence-electron chi connectivity index (χ4n) is 2.73. The lowest BCUT2D eigenvalue weighted by Gasteiger charge is -2.31. The Morgan fingerprint density at radius 1 is 1.35 bits per heavy atom. The van der Waals surface area contributed by atoms with E-state index in [0.717, 1.165) is 19.3 Å². The Kier molecular flexibility index (Phi) is 2.35. The molecule has 2 unspecified atom stereocenters. The SMILES string of the molecule is O=C(c1ccc(=O)[nH]c1)N1C2C=CCC1CC2. The maximum Gasteiger partial charge on any atom is 0.256 e. The number of aromatic nitrogens is 1. The number of fused-ring (bicyclic) bond motifs is 2. The molecule has 0 spiro atoms. The van der Waals surface area contributed by atoms with Crippen molar-refractivity contribution in [2.45, 2.75) is 31.3 Å². The monoisotopic (exact) mass is 230 g/mol. The molecule has 2 aliphatic heterocycles. The molecule has 0 radical (unpaired) electrons. The molecule has 17 heavy (non-hydrogen) atoms. The van der Waals surface area contributed by atoms with E-state index < -0.39 is 0 Å².